The highest BCUT2D eigenvalue weighted by Crippen LogP contribution is 2.24. The maximum Gasteiger partial charge on any atom is 0.243 e. The summed E-state index contributed by atoms with van der Waals surface area (Å²) in [5, 5.41) is 0. The lowest BCUT2D eigenvalue weighted by atomic mass is 10.1. The first-order valence-corrected chi connectivity index (χ1v) is 8.62. The number of rotatable bonds is 7. The minimum absolute atomic E-state index is 0.352. The van der Waals surface area contributed by atoms with Gasteiger partial charge in [0.2, 0.25) is 10.0 Å². The molecule has 1 aromatic carbocycles. The third kappa shape index (κ3) is 3.59. The van der Waals surface area contributed by atoms with Crippen LogP contribution in [0, 0.1) is 13.8 Å². The average Bonchev–Trinajstić information content (AvgIpc) is 2.41. The van der Waals surface area contributed by atoms with Gasteiger partial charge < -0.3 is 5.73 Å². The molecule has 1 aromatic rings. The normalized spacial score (nSPS) is 12.1. The van der Waals surface area contributed by atoms with Crippen LogP contribution in [0.3, 0.4) is 0 Å². The fourth-order valence-corrected chi connectivity index (χ4v) is 4.25. The van der Waals surface area contributed by atoms with Crippen LogP contribution < -0.4 is 5.73 Å². The monoisotopic (exact) mass is 298 g/mol. The summed E-state index contributed by atoms with van der Waals surface area (Å²) in [7, 11) is -3.43. The summed E-state index contributed by atoms with van der Waals surface area (Å²) in [6.45, 7) is 9.24. The maximum absolute atomic E-state index is 12.8. The molecule has 0 heterocycles. The van der Waals surface area contributed by atoms with E-state index in [4.69, 9.17) is 5.73 Å². The number of benzene rings is 1. The van der Waals surface area contributed by atoms with Gasteiger partial charge in [0.05, 0.1) is 4.90 Å². The van der Waals surface area contributed by atoms with Gasteiger partial charge in [0.1, 0.15) is 0 Å². The van der Waals surface area contributed by atoms with Crippen LogP contribution in [0.4, 0.5) is 0 Å². The molecule has 0 unspecified atom stereocenters. The fourth-order valence-electron chi connectivity index (χ4n) is 2.27. The van der Waals surface area contributed by atoms with Crippen LogP contribution in [0.5, 0.6) is 0 Å². The standard InChI is InChI=1S/C15H26N2O2S/c1-5-7-17(8-6-2)20(18,19)15-10-14(11-16)9-12(3)13(15)4/h9-10H,5-8,11,16H2,1-4H3. The molecule has 0 fully saturated rings. The second-order valence-corrected chi connectivity index (χ2v) is 7.05. The van der Waals surface area contributed by atoms with E-state index in [0.29, 0.717) is 24.5 Å². The molecule has 0 aliphatic rings. The van der Waals surface area contributed by atoms with E-state index < -0.39 is 10.0 Å². The Labute approximate surface area is 123 Å². The van der Waals surface area contributed by atoms with E-state index in [-0.39, 0.29) is 0 Å². The first-order valence-electron chi connectivity index (χ1n) is 7.18. The Balaban J connectivity index is 3.36. The zero-order chi connectivity index (χ0) is 15.3. The first-order chi connectivity index (χ1) is 9.38. The van der Waals surface area contributed by atoms with Crippen molar-refractivity contribution in [3.8, 4) is 0 Å². The Morgan fingerprint density at radius 3 is 2.10 bits per heavy atom. The second kappa shape index (κ2) is 7.20. The fraction of sp³-hybridized carbons (Fsp3) is 0.600. The van der Waals surface area contributed by atoms with Crippen LogP contribution >= 0.6 is 0 Å². The molecule has 20 heavy (non-hydrogen) atoms. The van der Waals surface area contributed by atoms with Crippen LogP contribution in [-0.2, 0) is 16.6 Å². The van der Waals surface area contributed by atoms with E-state index in [1.165, 1.54) is 0 Å². The van der Waals surface area contributed by atoms with Crippen molar-refractivity contribution in [2.45, 2.75) is 52.0 Å². The second-order valence-electron chi connectivity index (χ2n) is 5.14. The molecule has 0 atom stereocenters. The number of nitrogens with zero attached hydrogens (tertiary/aromatic N) is 1. The van der Waals surface area contributed by atoms with Crippen molar-refractivity contribution in [1.29, 1.82) is 0 Å². The molecule has 4 nitrogen and oxygen atoms in total. The largest absolute Gasteiger partial charge is 0.326 e. The smallest absolute Gasteiger partial charge is 0.243 e. The third-order valence-corrected chi connectivity index (χ3v) is 5.50. The zero-order valence-corrected chi connectivity index (χ0v) is 13.8. The lowest BCUT2D eigenvalue weighted by Crippen LogP contribution is -2.33. The predicted molar refractivity (Wildman–Crippen MR) is 83.1 cm³/mol. The summed E-state index contributed by atoms with van der Waals surface area (Å²) >= 11 is 0. The minimum atomic E-state index is -3.43. The number of aryl methyl sites for hydroxylation is 1. The summed E-state index contributed by atoms with van der Waals surface area (Å²) < 4.78 is 27.3. The van der Waals surface area contributed by atoms with Crippen LogP contribution in [0.15, 0.2) is 17.0 Å². The van der Waals surface area contributed by atoms with Gasteiger partial charge in [0, 0.05) is 19.6 Å². The van der Waals surface area contributed by atoms with Gasteiger partial charge in [-0.2, -0.15) is 4.31 Å². The van der Waals surface area contributed by atoms with Crippen LogP contribution in [-0.4, -0.2) is 25.8 Å². The van der Waals surface area contributed by atoms with Crippen LogP contribution in [0.25, 0.3) is 0 Å². The number of sulfonamides is 1. The van der Waals surface area contributed by atoms with E-state index in [1.54, 1.807) is 10.4 Å². The van der Waals surface area contributed by atoms with Gasteiger partial charge in [0.25, 0.3) is 0 Å². The van der Waals surface area contributed by atoms with Crippen molar-refractivity contribution in [2.24, 2.45) is 5.73 Å². The SMILES string of the molecule is CCCN(CCC)S(=O)(=O)c1cc(CN)cc(C)c1C. The van der Waals surface area contributed by atoms with Gasteiger partial charge in [0.15, 0.2) is 0 Å². The van der Waals surface area contributed by atoms with Crippen molar-refractivity contribution in [1.82, 2.24) is 4.31 Å². The molecular formula is C15H26N2O2S. The summed E-state index contributed by atoms with van der Waals surface area (Å²) in [5.74, 6) is 0. The van der Waals surface area contributed by atoms with E-state index >= 15 is 0 Å². The molecule has 0 saturated heterocycles. The first kappa shape index (κ1) is 17.1. The van der Waals surface area contributed by atoms with Gasteiger partial charge in [-0.15, -0.1) is 0 Å². The average molecular weight is 298 g/mol. The summed E-state index contributed by atoms with van der Waals surface area (Å²) in [4.78, 5) is 0.403. The number of nitrogens with two attached hydrogens (primary N) is 1. The summed E-state index contributed by atoms with van der Waals surface area (Å²) in [6, 6.07) is 3.67. The van der Waals surface area contributed by atoms with E-state index in [2.05, 4.69) is 0 Å². The number of hydrogen-bond donors (Lipinski definition) is 1. The molecule has 0 spiro atoms. The molecule has 0 aromatic heterocycles. The lowest BCUT2D eigenvalue weighted by molar-refractivity contribution is 0.409. The Morgan fingerprint density at radius 1 is 1.10 bits per heavy atom. The third-order valence-electron chi connectivity index (χ3n) is 3.48. The van der Waals surface area contributed by atoms with Crippen molar-refractivity contribution >= 4 is 10.0 Å². The molecule has 1 rings (SSSR count). The topological polar surface area (TPSA) is 63.4 Å². The van der Waals surface area contributed by atoms with E-state index in [1.807, 2.05) is 33.8 Å². The Bertz CT molecular complexity index is 547. The maximum atomic E-state index is 12.8. The number of hydrogen-bond acceptors (Lipinski definition) is 3. The Hall–Kier alpha value is -0.910. The van der Waals surface area contributed by atoms with Crippen LogP contribution in [0.1, 0.15) is 43.4 Å². The van der Waals surface area contributed by atoms with Gasteiger partial charge in [-0.05, 0) is 49.4 Å². The van der Waals surface area contributed by atoms with Crippen molar-refractivity contribution < 1.29 is 8.42 Å². The summed E-state index contributed by atoms with van der Waals surface area (Å²) in [5.41, 5.74) is 8.32. The van der Waals surface area contributed by atoms with Crippen molar-refractivity contribution in [2.75, 3.05) is 13.1 Å². The molecule has 0 amide bonds. The van der Waals surface area contributed by atoms with Crippen molar-refractivity contribution in [3.05, 3.63) is 28.8 Å². The highest BCUT2D eigenvalue weighted by Gasteiger charge is 2.25. The molecule has 0 bridgehead atoms. The quantitative estimate of drug-likeness (QED) is 0.841. The van der Waals surface area contributed by atoms with Crippen LogP contribution in [0.2, 0.25) is 0 Å². The van der Waals surface area contributed by atoms with Gasteiger partial charge in [-0.25, -0.2) is 8.42 Å². The molecule has 0 radical (unpaired) electrons. The highest BCUT2D eigenvalue weighted by molar-refractivity contribution is 7.89. The predicted octanol–water partition coefficient (Wildman–Crippen LogP) is 2.57. The zero-order valence-electron chi connectivity index (χ0n) is 12.9. The van der Waals surface area contributed by atoms with E-state index in [9.17, 15) is 8.42 Å². The van der Waals surface area contributed by atoms with Gasteiger partial charge >= 0.3 is 0 Å². The molecule has 5 heteroatoms. The molecule has 114 valence electrons. The molecule has 2 N–H and O–H groups in total. The lowest BCUT2D eigenvalue weighted by Gasteiger charge is -2.23. The van der Waals surface area contributed by atoms with E-state index in [0.717, 1.165) is 29.5 Å². The molecule has 0 aliphatic heterocycles. The van der Waals surface area contributed by atoms with Crippen molar-refractivity contribution in [3.63, 3.8) is 0 Å². The summed E-state index contributed by atoms with van der Waals surface area (Å²) in [6.07, 6.45) is 1.63. The Kier molecular flexibility index (Phi) is 6.17. The molecule has 0 aliphatic carbocycles. The molecular weight excluding hydrogens is 272 g/mol. The minimum Gasteiger partial charge on any atom is -0.326 e. The highest BCUT2D eigenvalue weighted by atomic mass is 32.2. The van der Waals surface area contributed by atoms with Gasteiger partial charge in [-0.3, -0.25) is 0 Å². The Morgan fingerprint density at radius 2 is 1.65 bits per heavy atom. The molecule has 0 saturated carbocycles. The van der Waals surface area contributed by atoms with Gasteiger partial charge in [-0.1, -0.05) is 19.9 Å².